The first-order chi connectivity index (χ1) is 9.34. The summed E-state index contributed by atoms with van der Waals surface area (Å²) in [6.45, 7) is 0.428. The highest BCUT2D eigenvalue weighted by atomic mass is 79.9. The van der Waals surface area contributed by atoms with Gasteiger partial charge < -0.3 is 10.2 Å². The number of alkyl halides is 3. The Kier molecular flexibility index (Phi) is 4.39. The van der Waals surface area contributed by atoms with Crippen LogP contribution in [0.4, 0.5) is 18.9 Å². The Morgan fingerprint density at radius 3 is 2.70 bits per heavy atom. The summed E-state index contributed by atoms with van der Waals surface area (Å²) >= 11 is 3.22. The molecule has 0 aromatic heterocycles. The topological polar surface area (TPSA) is 32.3 Å². The SMILES string of the molecule is CNC1CCCN(c2cc(C(F)(F)F)ccc2Br)C1=O. The van der Waals surface area contributed by atoms with Crippen LogP contribution in [0.25, 0.3) is 0 Å². The van der Waals surface area contributed by atoms with Crippen molar-refractivity contribution in [2.45, 2.75) is 25.1 Å². The van der Waals surface area contributed by atoms with Gasteiger partial charge >= 0.3 is 6.18 Å². The van der Waals surface area contributed by atoms with Crippen molar-refractivity contribution in [2.24, 2.45) is 0 Å². The van der Waals surface area contributed by atoms with Crippen LogP contribution in [-0.4, -0.2) is 25.5 Å². The fourth-order valence-electron chi connectivity index (χ4n) is 2.28. The predicted molar refractivity (Wildman–Crippen MR) is 73.6 cm³/mol. The number of carbonyl (C=O) groups excluding carboxylic acids is 1. The number of benzene rings is 1. The van der Waals surface area contributed by atoms with Gasteiger partial charge in [0.2, 0.25) is 5.91 Å². The first-order valence-corrected chi connectivity index (χ1v) is 6.99. The molecule has 0 bridgehead atoms. The number of rotatable bonds is 2. The molecule has 1 unspecified atom stereocenters. The molecule has 7 heteroatoms. The molecule has 1 aromatic carbocycles. The summed E-state index contributed by atoms with van der Waals surface area (Å²) in [5, 5.41) is 2.89. The van der Waals surface area contributed by atoms with Crippen LogP contribution in [0.3, 0.4) is 0 Å². The second-order valence-corrected chi connectivity index (χ2v) is 5.49. The van der Waals surface area contributed by atoms with Crippen molar-refractivity contribution in [1.82, 2.24) is 5.32 Å². The van der Waals surface area contributed by atoms with Gasteiger partial charge in [-0.1, -0.05) is 0 Å². The van der Waals surface area contributed by atoms with Crippen LogP contribution in [0.1, 0.15) is 18.4 Å². The van der Waals surface area contributed by atoms with E-state index >= 15 is 0 Å². The number of anilines is 1. The Morgan fingerprint density at radius 2 is 2.10 bits per heavy atom. The van der Waals surface area contributed by atoms with Crippen LogP contribution in [0.15, 0.2) is 22.7 Å². The predicted octanol–water partition coefficient (Wildman–Crippen LogP) is 3.18. The minimum Gasteiger partial charge on any atom is -0.310 e. The molecule has 0 saturated carbocycles. The van der Waals surface area contributed by atoms with Gasteiger partial charge in [-0.15, -0.1) is 0 Å². The number of nitrogens with one attached hydrogen (secondary N) is 1. The van der Waals surface area contributed by atoms with E-state index < -0.39 is 11.7 Å². The fourth-order valence-corrected chi connectivity index (χ4v) is 2.74. The molecule has 20 heavy (non-hydrogen) atoms. The van der Waals surface area contributed by atoms with Gasteiger partial charge in [-0.2, -0.15) is 13.2 Å². The molecule has 1 atom stereocenters. The zero-order valence-corrected chi connectivity index (χ0v) is 12.4. The third-order valence-electron chi connectivity index (χ3n) is 3.35. The third-order valence-corrected chi connectivity index (χ3v) is 4.02. The van der Waals surface area contributed by atoms with Crippen molar-refractivity contribution in [3.8, 4) is 0 Å². The number of carbonyl (C=O) groups is 1. The second kappa shape index (κ2) is 5.73. The summed E-state index contributed by atoms with van der Waals surface area (Å²) in [4.78, 5) is 13.6. The lowest BCUT2D eigenvalue weighted by Gasteiger charge is -2.33. The van der Waals surface area contributed by atoms with E-state index in [0.717, 1.165) is 18.6 Å². The van der Waals surface area contributed by atoms with E-state index in [0.29, 0.717) is 17.4 Å². The summed E-state index contributed by atoms with van der Waals surface area (Å²) in [5.41, 5.74) is -0.486. The Hall–Kier alpha value is -1.08. The molecule has 2 rings (SSSR count). The molecule has 1 heterocycles. The summed E-state index contributed by atoms with van der Waals surface area (Å²) in [7, 11) is 1.67. The van der Waals surface area contributed by atoms with Crippen molar-refractivity contribution >= 4 is 27.5 Å². The van der Waals surface area contributed by atoms with E-state index in [1.807, 2.05) is 0 Å². The maximum atomic E-state index is 12.8. The standard InChI is InChI=1S/C13H14BrF3N2O/c1-18-10-3-2-6-19(12(10)20)11-7-8(13(15,16)17)4-5-9(11)14/h4-5,7,10,18H,2-3,6H2,1H3. The quantitative estimate of drug-likeness (QED) is 0.888. The van der Waals surface area contributed by atoms with E-state index in [4.69, 9.17) is 0 Å². The zero-order chi connectivity index (χ0) is 14.9. The lowest BCUT2D eigenvalue weighted by Crippen LogP contribution is -2.50. The molecule has 0 radical (unpaired) electrons. The van der Waals surface area contributed by atoms with Crippen molar-refractivity contribution in [2.75, 3.05) is 18.5 Å². The summed E-state index contributed by atoms with van der Waals surface area (Å²) < 4.78 is 38.8. The zero-order valence-electron chi connectivity index (χ0n) is 10.8. The van der Waals surface area contributed by atoms with Gasteiger partial charge in [0, 0.05) is 11.0 Å². The number of halogens is 4. The van der Waals surface area contributed by atoms with E-state index in [-0.39, 0.29) is 17.6 Å². The minimum absolute atomic E-state index is 0.196. The Morgan fingerprint density at radius 1 is 1.40 bits per heavy atom. The van der Waals surface area contributed by atoms with Crippen LogP contribution in [-0.2, 0) is 11.0 Å². The van der Waals surface area contributed by atoms with Crippen LogP contribution in [0, 0.1) is 0 Å². The van der Waals surface area contributed by atoms with Gasteiger partial charge in [0.15, 0.2) is 0 Å². The van der Waals surface area contributed by atoms with Crippen molar-refractivity contribution in [3.05, 3.63) is 28.2 Å². The van der Waals surface area contributed by atoms with Crippen LogP contribution in [0.2, 0.25) is 0 Å². The van der Waals surface area contributed by atoms with Crippen LogP contribution in [0.5, 0.6) is 0 Å². The smallest absolute Gasteiger partial charge is 0.310 e. The molecule has 1 amide bonds. The number of nitrogens with zero attached hydrogens (tertiary/aromatic N) is 1. The maximum absolute atomic E-state index is 12.8. The third kappa shape index (κ3) is 2.98. The molecule has 1 aromatic rings. The number of piperidine rings is 1. The molecule has 0 spiro atoms. The molecular formula is C13H14BrF3N2O. The first-order valence-electron chi connectivity index (χ1n) is 6.20. The molecule has 3 nitrogen and oxygen atoms in total. The van der Waals surface area contributed by atoms with Gasteiger partial charge in [0.1, 0.15) is 0 Å². The number of hydrogen-bond acceptors (Lipinski definition) is 2. The minimum atomic E-state index is -4.42. The fraction of sp³-hybridized carbons (Fsp3) is 0.462. The largest absolute Gasteiger partial charge is 0.416 e. The van der Waals surface area contributed by atoms with Gasteiger partial charge in [-0.3, -0.25) is 4.79 Å². The molecule has 1 N–H and O–H groups in total. The van der Waals surface area contributed by atoms with E-state index in [1.165, 1.54) is 11.0 Å². The monoisotopic (exact) mass is 350 g/mol. The average Bonchev–Trinajstić information content (AvgIpc) is 2.38. The van der Waals surface area contributed by atoms with Gasteiger partial charge in [-0.25, -0.2) is 0 Å². The first kappa shape index (κ1) is 15.3. The number of hydrogen-bond donors (Lipinski definition) is 1. The van der Waals surface area contributed by atoms with Gasteiger partial charge in [0.25, 0.3) is 0 Å². The highest BCUT2D eigenvalue weighted by molar-refractivity contribution is 9.10. The molecule has 110 valence electrons. The van der Waals surface area contributed by atoms with Crippen molar-refractivity contribution < 1.29 is 18.0 Å². The molecule has 1 aliphatic heterocycles. The highest BCUT2D eigenvalue weighted by Gasteiger charge is 2.34. The maximum Gasteiger partial charge on any atom is 0.416 e. The molecule has 1 saturated heterocycles. The van der Waals surface area contributed by atoms with Crippen molar-refractivity contribution in [3.63, 3.8) is 0 Å². The average molecular weight is 351 g/mol. The molecule has 1 aliphatic rings. The molecule has 1 fully saturated rings. The number of amides is 1. The van der Waals surface area contributed by atoms with Crippen LogP contribution >= 0.6 is 15.9 Å². The Balaban J connectivity index is 2.38. The van der Waals surface area contributed by atoms with Gasteiger partial charge in [-0.05, 0) is 54.0 Å². The molecular weight excluding hydrogens is 337 g/mol. The Labute approximate surface area is 123 Å². The van der Waals surface area contributed by atoms with Crippen molar-refractivity contribution in [1.29, 1.82) is 0 Å². The summed E-state index contributed by atoms with van der Waals surface area (Å²) in [6, 6.07) is 3.00. The van der Waals surface area contributed by atoms with Gasteiger partial charge in [0.05, 0.1) is 17.3 Å². The van der Waals surface area contributed by atoms with E-state index in [1.54, 1.807) is 7.05 Å². The molecule has 0 aliphatic carbocycles. The summed E-state index contributed by atoms with van der Waals surface area (Å²) in [5.74, 6) is -0.196. The lowest BCUT2D eigenvalue weighted by atomic mass is 10.0. The summed E-state index contributed by atoms with van der Waals surface area (Å²) in [6.07, 6.45) is -2.97. The Bertz CT molecular complexity index is 519. The normalized spacial score (nSPS) is 20.4. The number of likely N-dealkylation sites (N-methyl/N-ethyl adjacent to an activating group) is 1. The van der Waals surface area contributed by atoms with E-state index in [9.17, 15) is 18.0 Å². The lowest BCUT2D eigenvalue weighted by molar-refractivity contribution is -0.137. The van der Waals surface area contributed by atoms with E-state index in [2.05, 4.69) is 21.2 Å². The second-order valence-electron chi connectivity index (χ2n) is 4.64. The highest BCUT2D eigenvalue weighted by Crippen LogP contribution is 2.36. The van der Waals surface area contributed by atoms with Crippen LogP contribution < -0.4 is 10.2 Å².